The summed E-state index contributed by atoms with van der Waals surface area (Å²) in [6, 6.07) is 7.35. The van der Waals surface area contributed by atoms with Crippen molar-refractivity contribution in [3.8, 4) is 0 Å². The second kappa shape index (κ2) is 10.0. The first-order valence-corrected chi connectivity index (χ1v) is 14.2. The minimum Gasteiger partial charge on any atom is -0.341 e. The summed E-state index contributed by atoms with van der Waals surface area (Å²) in [5.41, 5.74) is 1.81. The third-order valence-electron chi connectivity index (χ3n) is 5.73. The molecule has 1 aliphatic heterocycles. The fourth-order valence-corrected chi connectivity index (χ4v) is 6.46. The van der Waals surface area contributed by atoms with Crippen molar-refractivity contribution in [1.82, 2.24) is 19.2 Å². The average Bonchev–Trinajstić information content (AvgIpc) is 2.73. The first-order chi connectivity index (χ1) is 15.4. The second-order valence-corrected chi connectivity index (χ2v) is 12.7. The van der Waals surface area contributed by atoms with E-state index in [2.05, 4.69) is 14.9 Å². The largest absolute Gasteiger partial charge is 0.341 e. The van der Waals surface area contributed by atoms with Gasteiger partial charge in [-0.1, -0.05) is 6.07 Å². The first kappa shape index (κ1) is 25.5. The smallest absolute Gasteiger partial charge is 0.243 e. The van der Waals surface area contributed by atoms with Gasteiger partial charge < -0.3 is 9.80 Å². The summed E-state index contributed by atoms with van der Waals surface area (Å²) >= 11 is 0. The lowest BCUT2D eigenvalue weighted by Gasteiger charge is -2.38. The summed E-state index contributed by atoms with van der Waals surface area (Å²) < 4.78 is 52.8. The Morgan fingerprint density at radius 2 is 1.52 bits per heavy atom. The number of piperidine rings is 1. The lowest BCUT2D eigenvalue weighted by Crippen LogP contribution is -2.49. The Morgan fingerprint density at radius 1 is 0.939 bits per heavy atom. The van der Waals surface area contributed by atoms with E-state index in [1.807, 2.05) is 38.9 Å². The van der Waals surface area contributed by atoms with Crippen LogP contribution in [0.1, 0.15) is 24.2 Å². The van der Waals surface area contributed by atoms with Crippen molar-refractivity contribution >= 4 is 25.8 Å². The molecule has 1 aliphatic rings. The molecular weight excluding hydrogens is 462 g/mol. The molecule has 0 bridgehead atoms. The van der Waals surface area contributed by atoms with Crippen LogP contribution in [0.4, 0.5) is 5.95 Å². The lowest BCUT2D eigenvalue weighted by atomic mass is 10.1. The molecule has 2 aromatic rings. The summed E-state index contributed by atoms with van der Waals surface area (Å²) in [6.07, 6.45) is 2.34. The fraction of sp³-hybridized carbons (Fsp3) is 0.545. The fourth-order valence-electron chi connectivity index (χ4n) is 4.00. The van der Waals surface area contributed by atoms with Crippen molar-refractivity contribution in [3.63, 3.8) is 0 Å². The van der Waals surface area contributed by atoms with Gasteiger partial charge in [0.25, 0.3) is 0 Å². The lowest BCUT2D eigenvalue weighted by molar-refractivity contribution is 0.249. The van der Waals surface area contributed by atoms with Crippen molar-refractivity contribution in [1.29, 1.82) is 0 Å². The molecule has 0 N–H and O–H groups in total. The minimum atomic E-state index is -3.88. The molecule has 1 saturated heterocycles. The predicted octanol–water partition coefficient (Wildman–Crippen LogP) is 1.72. The van der Waals surface area contributed by atoms with E-state index in [4.69, 9.17) is 0 Å². The van der Waals surface area contributed by atoms with E-state index in [9.17, 15) is 16.8 Å². The maximum absolute atomic E-state index is 13.6. The van der Waals surface area contributed by atoms with Gasteiger partial charge in [-0.25, -0.2) is 26.8 Å². The zero-order valence-corrected chi connectivity index (χ0v) is 21.5. The van der Waals surface area contributed by atoms with Crippen LogP contribution in [0.25, 0.3) is 0 Å². The maximum Gasteiger partial charge on any atom is 0.243 e. The molecule has 1 aromatic carbocycles. The van der Waals surface area contributed by atoms with Gasteiger partial charge in [0.05, 0.1) is 9.79 Å². The summed E-state index contributed by atoms with van der Waals surface area (Å²) in [7, 11) is -3.61. The molecule has 0 saturated carbocycles. The summed E-state index contributed by atoms with van der Waals surface area (Å²) in [5, 5.41) is 0. The number of hydrogen-bond acceptors (Lipinski definition) is 8. The molecule has 0 amide bonds. The number of sulfone groups is 1. The van der Waals surface area contributed by atoms with Crippen LogP contribution in [0.2, 0.25) is 0 Å². The van der Waals surface area contributed by atoms with E-state index < -0.39 is 19.9 Å². The first-order valence-electron chi connectivity index (χ1n) is 10.9. The molecule has 33 heavy (non-hydrogen) atoms. The van der Waals surface area contributed by atoms with E-state index in [0.717, 1.165) is 17.6 Å². The Bertz CT molecular complexity index is 1170. The van der Waals surface area contributed by atoms with Crippen molar-refractivity contribution < 1.29 is 16.8 Å². The molecule has 0 radical (unpaired) electrons. The quantitative estimate of drug-likeness (QED) is 0.545. The molecular formula is C22H33N5O4S2. The number of aryl methyl sites for hydroxylation is 2. The molecule has 9 nitrogen and oxygen atoms in total. The number of benzene rings is 1. The number of anilines is 1. The molecule has 0 aliphatic carbocycles. The molecule has 182 valence electrons. The monoisotopic (exact) mass is 495 g/mol. The third-order valence-corrected chi connectivity index (χ3v) is 8.79. The Balaban J connectivity index is 1.86. The highest BCUT2D eigenvalue weighted by Crippen LogP contribution is 2.27. The van der Waals surface area contributed by atoms with Crippen LogP contribution in [0, 0.1) is 13.8 Å². The van der Waals surface area contributed by atoms with Crippen LogP contribution >= 0.6 is 0 Å². The predicted molar refractivity (Wildman–Crippen MR) is 129 cm³/mol. The van der Waals surface area contributed by atoms with Gasteiger partial charge in [0.2, 0.25) is 16.0 Å². The van der Waals surface area contributed by atoms with E-state index in [0.29, 0.717) is 45.0 Å². The molecule has 1 fully saturated rings. The van der Waals surface area contributed by atoms with Gasteiger partial charge in [-0.3, -0.25) is 0 Å². The van der Waals surface area contributed by atoms with Crippen LogP contribution in [-0.2, 0) is 19.9 Å². The summed E-state index contributed by atoms with van der Waals surface area (Å²) in [6.45, 7) is 6.04. The van der Waals surface area contributed by atoms with E-state index in [1.165, 1.54) is 28.6 Å². The van der Waals surface area contributed by atoms with Crippen LogP contribution in [0.15, 0.2) is 40.1 Å². The number of aromatic nitrogens is 2. The van der Waals surface area contributed by atoms with Crippen LogP contribution in [-0.4, -0.2) is 88.6 Å². The molecule has 11 heteroatoms. The zero-order valence-electron chi connectivity index (χ0n) is 19.9. The highest BCUT2D eigenvalue weighted by atomic mass is 32.2. The Labute approximate surface area is 197 Å². The number of likely N-dealkylation sites (N-methyl/N-ethyl adjacent to an activating group) is 1. The maximum atomic E-state index is 13.6. The number of hydrogen-bond donors (Lipinski definition) is 0. The number of sulfonamides is 1. The second-order valence-electron chi connectivity index (χ2n) is 8.83. The van der Waals surface area contributed by atoms with E-state index >= 15 is 0 Å². The standard InChI is InChI=1S/C22H33N5O4S2/c1-17-15-18(2)24-22(23-17)26-11-9-19(10-12-26)27(14-13-25(3)4)33(30,31)21-8-6-7-20(16-21)32(5,28)29/h6-8,15-16,19H,9-14H2,1-5H3. The topological polar surface area (TPSA) is 104 Å². The normalized spacial score (nSPS) is 16.0. The summed E-state index contributed by atoms with van der Waals surface area (Å²) in [5.74, 6) is 0.675. The van der Waals surface area contributed by atoms with Crippen LogP contribution < -0.4 is 4.90 Å². The van der Waals surface area contributed by atoms with Gasteiger partial charge in [0.1, 0.15) is 0 Å². The van der Waals surface area contributed by atoms with Gasteiger partial charge in [0.15, 0.2) is 9.84 Å². The highest BCUT2D eigenvalue weighted by Gasteiger charge is 2.34. The third kappa shape index (κ3) is 6.28. The molecule has 3 rings (SSSR count). The highest BCUT2D eigenvalue weighted by molar-refractivity contribution is 7.91. The van der Waals surface area contributed by atoms with E-state index in [-0.39, 0.29) is 15.8 Å². The molecule has 0 unspecified atom stereocenters. The average molecular weight is 496 g/mol. The van der Waals surface area contributed by atoms with Gasteiger partial charge in [-0.2, -0.15) is 4.31 Å². The molecule has 2 heterocycles. The van der Waals surface area contributed by atoms with E-state index in [1.54, 1.807) is 0 Å². The summed E-state index contributed by atoms with van der Waals surface area (Å²) in [4.78, 5) is 13.1. The van der Waals surface area contributed by atoms with Crippen molar-refractivity contribution in [2.24, 2.45) is 0 Å². The van der Waals surface area contributed by atoms with Crippen molar-refractivity contribution in [2.45, 2.75) is 42.5 Å². The van der Waals surface area contributed by atoms with Crippen molar-refractivity contribution in [2.75, 3.05) is 51.4 Å². The number of nitrogens with zero attached hydrogens (tertiary/aromatic N) is 5. The SMILES string of the molecule is Cc1cc(C)nc(N2CCC(N(CCN(C)C)S(=O)(=O)c3cccc(S(C)(=O)=O)c3)CC2)n1. The Kier molecular flexibility index (Phi) is 7.77. The van der Waals surface area contributed by atoms with Gasteiger partial charge in [0, 0.05) is 49.9 Å². The van der Waals surface area contributed by atoms with Gasteiger partial charge in [-0.15, -0.1) is 0 Å². The molecule has 1 aromatic heterocycles. The van der Waals surface area contributed by atoms with Crippen LogP contribution in [0.5, 0.6) is 0 Å². The van der Waals surface area contributed by atoms with Crippen LogP contribution in [0.3, 0.4) is 0 Å². The van der Waals surface area contributed by atoms with Crippen molar-refractivity contribution in [3.05, 3.63) is 41.7 Å². The minimum absolute atomic E-state index is 0.00193. The van der Waals surface area contributed by atoms with Gasteiger partial charge >= 0.3 is 0 Å². The Hall–Kier alpha value is -2.08. The Morgan fingerprint density at radius 3 is 2.06 bits per heavy atom. The van der Waals surface area contributed by atoms with Gasteiger partial charge in [-0.05, 0) is 65.0 Å². The number of rotatable bonds is 8. The zero-order chi connectivity index (χ0) is 24.4. The molecule has 0 spiro atoms. The molecule has 0 atom stereocenters.